The van der Waals surface area contributed by atoms with Crippen LogP contribution in [0.4, 0.5) is 17.6 Å². The number of halogens is 4. The Morgan fingerprint density at radius 3 is 2.00 bits per heavy atom. The Morgan fingerprint density at radius 1 is 0.750 bits per heavy atom. The molecule has 0 N–H and O–H groups in total. The van der Waals surface area contributed by atoms with E-state index >= 15 is 0 Å². The monoisotopic (exact) mass is 502 g/mol. The lowest BCUT2D eigenvalue weighted by atomic mass is 9.70. The van der Waals surface area contributed by atoms with E-state index in [4.69, 9.17) is 0 Å². The van der Waals surface area contributed by atoms with Gasteiger partial charge in [-0.25, -0.2) is 17.6 Å². The molecule has 0 radical (unpaired) electrons. The number of unbranched alkanes of at least 4 members (excludes halogenated alkanes) is 2. The molecule has 2 saturated carbocycles. The zero-order valence-electron chi connectivity index (χ0n) is 22.0. The van der Waals surface area contributed by atoms with Gasteiger partial charge >= 0.3 is 0 Å². The summed E-state index contributed by atoms with van der Waals surface area (Å²) in [4.78, 5) is 0. The zero-order valence-corrected chi connectivity index (χ0v) is 22.0. The largest absolute Gasteiger partial charge is 0.206 e. The fourth-order valence-corrected chi connectivity index (χ4v) is 6.91. The Kier molecular flexibility index (Phi) is 9.52. The summed E-state index contributed by atoms with van der Waals surface area (Å²) in [6, 6.07) is 6.64. The van der Waals surface area contributed by atoms with Gasteiger partial charge in [0.25, 0.3) is 0 Å². The van der Waals surface area contributed by atoms with Crippen molar-refractivity contribution in [3.05, 3.63) is 59.2 Å². The number of rotatable bonds is 9. The van der Waals surface area contributed by atoms with Gasteiger partial charge in [0.15, 0.2) is 17.5 Å². The van der Waals surface area contributed by atoms with Crippen LogP contribution in [0.2, 0.25) is 0 Å². The Morgan fingerprint density at radius 2 is 1.39 bits per heavy atom. The first-order valence-corrected chi connectivity index (χ1v) is 14.3. The van der Waals surface area contributed by atoms with E-state index in [9.17, 15) is 17.6 Å². The first-order valence-electron chi connectivity index (χ1n) is 14.3. The van der Waals surface area contributed by atoms with Gasteiger partial charge in [-0.05, 0) is 104 Å². The molecule has 0 aromatic heterocycles. The van der Waals surface area contributed by atoms with E-state index < -0.39 is 23.3 Å². The molecule has 198 valence electrons. The van der Waals surface area contributed by atoms with Crippen molar-refractivity contribution in [1.82, 2.24) is 0 Å². The third kappa shape index (κ3) is 6.72. The lowest BCUT2D eigenvalue weighted by Gasteiger charge is -2.36. The van der Waals surface area contributed by atoms with E-state index in [0.717, 1.165) is 54.2 Å². The molecule has 2 fully saturated rings. The number of hydrogen-bond acceptors (Lipinski definition) is 0. The molecule has 0 bridgehead atoms. The summed E-state index contributed by atoms with van der Waals surface area (Å²) in [6.07, 6.45) is 17.0. The molecule has 0 aliphatic heterocycles. The van der Waals surface area contributed by atoms with Crippen molar-refractivity contribution < 1.29 is 17.6 Å². The van der Waals surface area contributed by atoms with Crippen molar-refractivity contribution in [2.45, 2.75) is 103 Å². The molecule has 36 heavy (non-hydrogen) atoms. The average Bonchev–Trinajstić information content (AvgIpc) is 2.88. The van der Waals surface area contributed by atoms with Crippen LogP contribution >= 0.6 is 0 Å². The highest BCUT2D eigenvalue weighted by Gasteiger charge is 2.29. The van der Waals surface area contributed by atoms with Gasteiger partial charge in [0.05, 0.1) is 0 Å². The number of hydrogen-bond donors (Lipinski definition) is 0. The first kappa shape index (κ1) is 27.2. The molecular formula is C32H42F4. The summed E-state index contributed by atoms with van der Waals surface area (Å²) in [5, 5.41) is 0. The van der Waals surface area contributed by atoms with Crippen LogP contribution in [0.3, 0.4) is 0 Å². The molecule has 1 unspecified atom stereocenters. The van der Waals surface area contributed by atoms with Gasteiger partial charge in [-0.2, -0.15) is 0 Å². The third-order valence-corrected chi connectivity index (χ3v) is 9.22. The summed E-state index contributed by atoms with van der Waals surface area (Å²) in [6.45, 7) is 4.74. The van der Waals surface area contributed by atoms with E-state index in [-0.39, 0.29) is 11.1 Å². The van der Waals surface area contributed by atoms with Gasteiger partial charge in [0, 0.05) is 5.56 Å². The quantitative estimate of drug-likeness (QED) is 0.182. The molecule has 0 spiro atoms. The second kappa shape index (κ2) is 12.6. The van der Waals surface area contributed by atoms with Gasteiger partial charge in [0.2, 0.25) is 0 Å². The second-order valence-corrected chi connectivity index (χ2v) is 11.7. The molecule has 1 atom stereocenters. The molecule has 2 aromatic rings. The van der Waals surface area contributed by atoms with Gasteiger partial charge in [-0.1, -0.05) is 64.5 Å². The van der Waals surface area contributed by atoms with Crippen LogP contribution in [-0.4, -0.2) is 0 Å². The van der Waals surface area contributed by atoms with Gasteiger partial charge in [0.1, 0.15) is 5.82 Å². The highest BCUT2D eigenvalue weighted by Crippen LogP contribution is 2.43. The lowest BCUT2D eigenvalue weighted by Crippen LogP contribution is -2.23. The van der Waals surface area contributed by atoms with E-state index in [1.54, 1.807) is 6.07 Å². The summed E-state index contributed by atoms with van der Waals surface area (Å²) in [7, 11) is 0. The molecule has 2 aliphatic rings. The van der Waals surface area contributed by atoms with Crippen LogP contribution < -0.4 is 0 Å². The van der Waals surface area contributed by atoms with Crippen LogP contribution in [0.5, 0.6) is 0 Å². The summed E-state index contributed by atoms with van der Waals surface area (Å²) >= 11 is 0. The van der Waals surface area contributed by atoms with E-state index in [0.29, 0.717) is 5.92 Å². The lowest BCUT2D eigenvalue weighted by molar-refractivity contribution is 0.169. The van der Waals surface area contributed by atoms with Gasteiger partial charge < -0.3 is 0 Å². The standard InChI is InChI=1S/C32H42F4/c1-3-4-5-6-22-7-11-24(12-8-22)21(2)17-23-9-13-25(14-10-23)26-15-16-28(29(33)18-26)27-19-30(34)32(36)31(35)20-27/h15-16,18-25H,3-14,17H2,1-2H3. The second-order valence-electron chi connectivity index (χ2n) is 11.7. The molecule has 4 heteroatoms. The first-order chi connectivity index (χ1) is 17.4. The maximum absolute atomic E-state index is 14.9. The van der Waals surface area contributed by atoms with Crippen molar-refractivity contribution in [2.24, 2.45) is 23.7 Å². The molecule has 4 rings (SSSR count). The maximum Gasteiger partial charge on any atom is 0.194 e. The molecule has 0 nitrogen and oxygen atoms in total. The minimum Gasteiger partial charge on any atom is -0.206 e. The Balaban J connectivity index is 1.26. The smallest absolute Gasteiger partial charge is 0.194 e. The van der Waals surface area contributed by atoms with Crippen LogP contribution in [0.25, 0.3) is 11.1 Å². The number of benzene rings is 2. The third-order valence-electron chi connectivity index (χ3n) is 9.22. The van der Waals surface area contributed by atoms with Crippen LogP contribution in [0.1, 0.15) is 109 Å². The van der Waals surface area contributed by atoms with E-state index in [2.05, 4.69) is 13.8 Å². The summed E-state index contributed by atoms with van der Waals surface area (Å²) in [5.74, 6) is -0.946. The van der Waals surface area contributed by atoms with Gasteiger partial charge in [-0.3, -0.25) is 0 Å². The van der Waals surface area contributed by atoms with Crippen LogP contribution in [0, 0.1) is 46.9 Å². The molecule has 2 aliphatic carbocycles. The van der Waals surface area contributed by atoms with E-state index in [1.807, 2.05) is 6.07 Å². The summed E-state index contributed by atoms with van der Waals surface area (Å²) in [5.41, 5.74) is 1.06. The predicted octanol–water partition coefficient (Wildman–Crippen LogP) is 10.6. The minimum atomic E-state index is -1.53. The Labute approximate surface area is 214 Å². The highest BCUT2D eigenvalue weighted by atomic mass is 19.2. The predicted molar refractivity (Wildman–Crippen MR) is 140 cm³/mol. The Hall–Kier alpha value is -1.84. The Bertz CT molecular complexity index is 961. The van der Waals surface area contributed by atoms with Crippen molar-refractivity contribution >= 4 is 0 Å². The fourth-order valence-electron chi connectivity index (χ4n) is 6.91. The average molecular weight is 503 g/mol. The minimum absolute atomic E-state index is 0.0168. The van der Waals surface area contributed by atoms with Gasteiger partial charge in [-0.15, -0.1) is 0 Å². The zero-order chi connectivity index (χ0) is 25.7. The van der Waals surface area contributed by atoms with E-state index in [1.165, 1.54) is 76.7 Å². The highest BCUT2D eigenvalue weighted by molar-refractivity contribution is 5.65. The molecule has 0 heterocycles. The normalized spacial score (nSPS) is 25.6. The molecule has 0 saturated heterocycles. The van der Waals surface area contributed by atoms with Crippen molar-refractivity contribution in [3.8, 4) is 11.1 Å². The molecule has 0 amide bonds. The van der Waals surface area contributed by atoms with Crippen molar-refractivity contribution in [2.75, 3.05) is 0 Å². The SMILES string of the molecule is CCCCCC1CCC(C(C)CC2CCC(c3ccc(-c4cc(F)c(F)c(F)c4)c(F)c3)CC2)CC1. The maximum atomic E-state index is 14.9. The topological polar surface area (TPSA) is 0 Å². The van der Waals surface area contributed by atoms with Crippen molar-refractivity contribution in [1.29, 1.82) is 0 Å². The summed E-state index contributed by atoms with van der Waals surface area (Å²) < 4.78 is 55.4. The fraction of sp³-hybridized carbons (Fsp3) is 0.625. The molecular weight excluding hydrogens is 460 g/mol. The van der Waals surface area contributed by atoms with Crippen molar-refractivity contribution in [3.63, 3.8) is 0 Å². The van der Waals surface area contributed by atoms with Crippen LogP contribution in [-0.2, 0) is 0 Å². The molecule has 2 aromatic carbocycles. The van der Waals surface area contributed by atoms with Crippen LogP contribution in [0.15, 0.2) is 30.3 Å².